The standard InChI is InChI=1S/C10H15ClN2O2S2/c11-9-3-4-10(16-9)17(14,15)12-5-8-13-6-1-2-7-13/h3-4,12H,1-2,5-8H2. The Morgan fingerprint density at radius 2 is 2.06 bits per heavy atom. The first-order chi connectivity index (χ1) is 8.08. The SMILES string of the molecule is O=S(=O)(NCCN1CCCC1)c1ccc(Cl)s1. The summed E-state index contributed by atoms with van der Waals surface area (Å²) in [5.74, 6) is 0. The average Bonchev–Trinajstić information content (AvgIpc) is 2.89. The van der Waals surface area contributed by atoms with Gasteiger partial charge in [-0.2, -0.15) is 0 Å². The zero-order chi connectivity index (χ0) is 12.3. The van der Waals surface area contributed by atoms with Crippen molar-refractivity contribution in [2.45, 2.75) is 17.1 Å². The summed E-state index contributed by atoms with van der Waals surface area (Å²) in [6.45, 7) is 3.38. The zero-order valence-electron chi connectivity index (χ0n) is 9.36. The van der Waals surface area contributed by atoms with Crippen molar-refractivity contribution in [2.24, 2.45) is 0 Å². The van der Waals surface area contributed by atoms with Crippen molar-refractivity contribution in [3.8, 4) is 0 Å². The molecule has 7 heteroatoms. The molecule has 1 fully saturated rings. The van der Waals surface area contributed by atoms with Crippen LogP contribution in [0.3, 0.4) is 0 Å². The fourth-order valence-corrected chi connectivity index (χ4v) is 4.41. The van der Waals surface area contributed by atoms with E-state index < -0.39 is 10.0 Å². The van der Waals surface area contributed by atoms with Gasteiger partial charge in [0.15, 0.2) is 0 Å². The number of rotatable bonds is 5. The number of nitrogens with zero attached hydrogens (tertiary/aromatic N) is 1. The van der Waals surface area contributed by atoms with Gasteiger partial charge in [-0.05, 0) is 38.1 Å². The van der Waals surface area contributed by atoms with Gasteiger partial charge in [0.05, 0.1) is 4.34 Å². The molecule has 96 valence electrons. The van der Waals surface area contributed by atoms with Crippen LogP contribution in [-0.4, -0.2) is 39.5 Å². The summed E-state index contributed by atoms with van der Waals surface area (Å²) in [6, 6.07) is 3.13. The van der Waals surface area contributed by atoms with Gasteiger partial charge in [-0.25, -0.2) is 13.1 Å². The fourth-order valence-electron chi connectivity index (χ4n) is 1.86. The Bertz CT molecular complexity index is 466. The molecule has 2 heterocycles. The normalized spacial score (nSPS) is 17.7. The molecule has 1 aromatic heterocycles. The third-order valence-corrected chi connectivity index (χ3v) is 5.92. The zero-order valence-corrected chi connectivity index (χ0v) is 11.7. The molecule has 17 heavy (non-hydrogen) atoms. The molecule has 0 unspecified atom stereocenters. The topological polar surface area (TPSA) is 49.4 Å². The van der Waals surface area contributed by atoms with Gasteiger partial charge >= 0.3 is 0 Å². The number of hydrogen-bond donors (Lipinski definition) is 1. The predicted molar refractivity (Wildman–Crippen MR) is 70.2 cm³/mol. The third kappa shape index (κ3) is 3.66. The highest BCUT2D eigenvalue weighted by Crippen LogP contribution is 2.25. The van der Waals surface area contributed by atoms with Crippen LogP contribution in [0.1, 0.15) is 12.8 Å². The first-order valence-corrected chi connectivity index (χ1v) is 8.23. The summed E-state index contributed by atoms with van der Waals surface area (Å²) in [5.41, 5.74) is 0. The van der Waals surface area contributed by atoms with E-state index in [2.05, 4.69) is 9.62 Å². The molecule has 0 aliphatic carbocycles. The van der Waals surface area contributed by atoms with Crippen molar-refractivity contribution in [1.29, 1.82) is 0 Å². The number of sulfonamides is 1. The van der Waals surface area contributed by atoms with Crippen LogP contribution in [0.15, 0.2) is 16.3 Å². The second-order valence-corrected chi connectivity index (χ2v) is 7.71. The van der Waals surface area contributed by atoms with Gasteiger partial charge in [-0.15, -0.1) is 11.3 Å². The molecule has 0 aromatic carbocycles. The van der Waals surface area contributed by atoms with Crippen LogP contribution in [0.2, 0.25) is 4.34 Å². The van der Waals surface area contributed by atoms with Crippen LogP contribution < -0.4 is 4.72 Å². The number of likely N-dealkylation sites (tertiary alicyclic amines) is 1. The fraction of sp³-hybridized carbons (Fsp3) is 0.600. The van der Waals surface area contributed by atoms with E-state index in [4.69, 9.17) is 11.6 Å². The van der Waals surface area contributed by atoms with Gasteiger partial charge in [-0.3, -0.25) is 0 Å². The van der Waals surface area contributed by atoms with E-state index in [-0.39, 0.29) is 4.21 Å². The van der Waals surface area contributed by atoms with E-state index in [1.807, 2.05) is 0 Å². The van der Waals surface area contributed by atoms with E-state index in [0.717, 1.165) is 31.0 Å². The van der Waals surface area contributed by atoms with Crippen LogP contribution in [0.5, 0.6) is 0 Å². The maximum atomic E-state index is 11.8. The van der Waals surface area contributed by atoms with Gasteiger partial charge in [0, 0.05) is 13.1 Å². The Balaban J connectivity index is 1.85. The van der Waals surface area contributed by atoms with Crippen LogP contribution in [0, 0.1) is 0 Å². The molecule has 0 amide bonds. The minimum Gasteiger partial charge on any atom is -0.302 e. The van der Waals surface area contributed by atoms with E-state index in [0.29, 0.717) is 10.9 Å². The van der Waals surface area contributed by atoms with Crippen LogP contribution in [-0.2, 0) is 10.0 Å². The van der Waals surface area contributed by atoms with Gasteiger partial charge in [0.2, 0.25) is 10.0 Å². The summed E-state index contributed by atoms with van der Waals surface area (Å²) in [5, 5.41) is 0. The first kappa shape index (κ1) is 13.3. The molecule has 1 aliphatic rings. The summed E-state index contributed by atoms with van der Waals surface area (Å²) < 4.78 is 27.1. The van der Waals surface area contributed by atoms with E-state index in [1.54, 1.807) is 6.07 Å². The van der Waals surface area contributed by atoms with Crippen LogP contribution >= 0.6 is 22.9 Å². The first-order valence-electron chi connectivity index (χ1n) is 5.55. The molecule has 4 nitrogen and oxygen atoms in total. The maximum Gasteiger partial charge on any atom is 0.250 e. The lowest BCUT2D eigenvalue weighted by molar-refractivity contribution is 0.344. The molecule has 0 spiro atoms. The molecule has 0 bridgehead atoms. The summed E-state index contributed by atoms with van der Waals surface area (Å²) in [6.07, 6.45) is 2.43. The summed E-state index contributed by atoms with van der Waals surface area (Å²) >= 11 is 6.80. The Morgan fingerprint density at radius 3 is 2.65 bits per heavy atom. The second kappa shape index (κ2) is 5.67. The molecule has 1 saturated heterocycles. The van der Waals surface area contributed by atoms with E-state index >= 15 is 0 Å². The number of halogens is 1. The Kier molecular flexibility index (Phi) is 4.43. The lowest BCUT2D eigenvalue weighted by atomic mass is 10.4. The summed E-state index contributed by atoms with van der Waals surface area (Å²) in [4.78, 5) is 2.27. The Hall–Kier alpha value is -0.140. The van der Waals surface area contributed by atoms with Crippen LogP contribution in [0.4, 0.5) is 0 Å². The number of nitrogens with one attached hydrogen (secondary N) is 1. The molecular formula is C10H15ClN2O2S2. The summed E-state index contributed by atoms with van der Waals surface area (Å²) in [7, 11) is -3.37. The molecule has 1 N–H and O–H groups in total. The van der Waals surface area contributed by atoms with Crippen LogP contribution in [0.25, 0.3) is 0 Å². The largest absolute Gasteiger partial charge is 0.302 e. The Labute approximate surface area is 111 Å². The van der Waals surface area contributed by atoms with Gasteiger partial charge in [0.25, 0.3) is 0 Å². The minimum absolute atomic E-state index is 0.281. The van der Waals surface area contributed by atoms with Crippen molar-refractivity contribution < 1.29 is 8.42 Å². The van der Waals surface area contributed by atoms with E-state index in [9.17, 15) is 8.42 Å². The van der Waals surface area contributed by atoms with Crippen molar-refractivity contribution in [2.75, 3.05) is 26.2 Å². The lowest BCUT2D eigenvalue weighted by Gasteiger charge is -2.14. The molecule has 2 rings (SSSR count). The molecule has 1 aromatic rings. The smallest absolute Gasteiger partial charge is 0.250 e. The monoisotopic (exact) mass is 294 g/mol. The highest BCUT2D eigenvalue weighted by Gasteiger charge is 2.17. The molecule has 0 radical (unpaired) electrons. The lowest BCUT2D eigenvalue weighted by Crippen LogP contribution is -2.33. The van der Waals surface area contributed by atoms with E-state index in [1.165, 1.54) is 18.9 Å². The number of thiophene rings is 1. The molecule has 0 saturated carbocycles. The molecular weight excluding hydrogens is 280 g/mol. The average molecular weight is 295 g/mol. The van der Waals surface area contributed by atoms with Crippen molar-refractivity contribution in [3.63, 3.8) is 0 Å². The number of hydrogen-bond acceptors (Lipinski definition) is 4. The van der Waals surface area contributed by atoms with Gasteiger partial charge < -0.3 is 4.90 Å². The third-order valence-electron chi connectivity index (χ3n) is 2.73. The predicted octanol–water partition coefficient (Wildman–Crippen LogP) is 1.78. The highest BCUT2D eigenvalue weighted by atomic mass is 35.5. The maximum absolute atomic E-state index is 11.8. The van der Waals surface area contributed by atoms with Crippen molar-refractivity contribution in [3.05, 3.63) is 16.5 Å². The Morgan fingerprint density at radius 1 is 1.35 bits per heavy atom. The van der Waals surface area contributed by atoms with Crippen molar-refractivity contribution >= 4 is 33.0 Å². The minimum atomic E-state index is -3.37. The van der Waals surface area contributed by atoms with Gasteiger partial charge in [0.1, 0.15) is 4.21 Å². The highest BCUT2D eigenvalue weighted by molar-refractivity contribution is 7.91. The van der Waals surface area contributed by atoms with Gasteiger partial charge in [-0.1, -0.05) is 11.6 Å². The molecule has 0 atom stereocenters. The van der Waals surface area contributed by atoms with Crippen molar-refractivity contribution in [1.82, 2.24) is 9.62 Å². The second-order valence-electron chi connectivity index (χ2n) is 4.01. The quantitative estimate of drug-likeness (QED) is 0.900. The molecule has 1 aliphatic heterocycles.